The zero-order valence-corrected chi connectivity index (χ0v) is 10.2. The van der Waals surface area contributed by atoms with Crippen LogP contribution in [0.1, 0.15) is 17.9 Å². The molecule has 1 aromatic rings. The number of rotatable bonds is 2. The van der Waals surface area contributed by atoms with E-state index in [1.165, 1.54) is 10.5 Å². The lowest BCUT2D eigenvalue weighted by atomic mass is 9.97. The summed E-state index contributed by atoms with van der Waals surface area (Å²) in [5, 5.41) is 3.22. The van der Waals surface area contributed by atoms with Crippen LogP contribution >= 0.6 is 0 Å². The lowest BCUT2D eigenvalue weighted by Crippen LogP contribution is -2.35. The van der Waals surface area contributed by atoms with Gasteiger partial charge in [-0.1, -0.05) is 30.3 Å². The molecule has 0 saturated carbocycles. The van der Waals surface area contributed by atoms with Crippen molar-refractivity contribution in [2.24, 2.45) is 0 Å². The zero-order chi connectivity index (χ0) is 12.3. The van der Waals surface area contributed by atoms with Crippen LogP contribution in [0.3, 0.4) is 0 Å². The van der Waals surface area contributed by atoms with Crippen molar-refractivity contribution in [3.8, 4) is 0 Å². The predicted octanol–water partition coefficient (Wildman–Crippen LogP) is 1.79. The molecule has 17 heavy (non-hydrogen) atoms. The largest absolute Gasteiger partial charge is 0.430 e. The van der Waals surface area contributed by atoms with Crippen molar-refractivity contribution in [3.05, 3.63) is 35.9 Å². The van der Waals surface area contributed by atoms with Crippen molar-refractivity contribution in [3.63, 3.8) is 0 Å². The standard InChI is InChI=1S/C13H18N2O2/c1-15(2)13(16)17-12-11(8-9-14-12)10-6-4-3-5-7-10/h3-7,11-12,14H,8-9H2,1-2H3/t11-,12+/m1/s1. The van der Waals surface area contributed by atoms with Gasteiger partial charge in [-0.2, -0.15) is 0 Å². The second-order valence-corrected chi connectivity index (χ2v) is 4.46. The van der Waals surface area contributed by atoms with Crippen LogP contribution in [0.2, 0.25) is 0 Å². The smallest absolute Gasteiger partial charge is 0.410 e. The van der Waals surface area contributed by atoms with Crippen LogP contribution < -0.4 is 5.32 Å². The molecule has 1 saturated heterocycles. The van der Waals surface area contributed by atoms with E-state index in [-0.39, 0.29) is 18.2 Å². The highest BCUT2D eigenvalue weighted by atomic mass is 16.6. The van der Waals surface area contributed by atoms with Crippen LogP contribution in [0, 0.1) is 0 Å². The molecule has 1 N–H and O–H groups in total. The van der Waals surface area contributed by atoms with Gasteiger partial charge < -0.3 is 9.64 Å². The first-order valence-corrected chi connectivity index (χ1v) is 5.85. The molecule has 0 aromatic heterocycles. The lowest BCUT2D eigenvalue weighted by Gasteiger charge is -2.22. The van der Waals surface area contributed by atoms with Crippen molar-refractivity contribution in [2.45, 2.75) is 18.6 Å². The summed E-state index contributed by atoms with van der Waals surface area (Å²) >= 11 is 0. The Kier molecular flexibility index (Phi) is 3.64. The van der Waals surface area contributed by atoms with E-state index < -0.39 is 0 Å². The molecule has 0 radical (unpaired) electrons. The quantitative estimate of drug-likeness (QED) is 0.848. The normalized spacial score (nSPS) is 23.4. The molecule has 0 unspecified atom stereocenters. The molecular formula is C13H18N2O2. The van der Waals surface area contributed by atoms with Crippen molar-refractivity contribution in [1.29, 1.82) is 0 Å². The summed E-state index contributed by atoms with van der Waals surface area (Å²) in [7, 11) is 3.38. The summed E-state index contributed by atoms with van der Waals surface area (Å²) in [6, 6.07) is 10.2. The fraction of sp³-hybridized carbons (Fsp3) is 0.462. The highest BCUT2D eigenvalue weighted by Gasteiger charge is 2.31. The first kappa shape index (κ1) is 11.9. The van der Waals surface area contributed by atoms with Gasteiger partial charge in [-0.15, -0.1) is 0 Å². The molecule has 2 atom stereocenters. The Morgan fingerprint density at radius 1 is 1.35 bits per heavy atom. The highest BCUT2D eigenvalue weighted by Crippen LogP contribution is 2.28. The van der Waals surface area contributed by atoms with E-state index in [2.05, 4.69) is 17.4 Å². The van der Waals surface area contributed by atoms with Crippen molar-refractivity contribution in [2.75, 3.05) is 20.6 Å². The Hall–Kier alpha value is -1.55. The molecule has 2 rings (SSSR count). The Morgan fingerprint density at radius 2 is 2.06 bits per heavy atom. The molecule has 1 aliphatic heterocycles. The van der Waals surface area contributed by atoms with Gasteiger partial charge in [-0.25, -0.2) is 4.79 Å². The molecule has 4 heteroatoms. The van der Waals surface area contributed by atoms with Crippen molar-refractivity contribution in [1.82, 2.24) is 10.2 Å². The SMILES string of the molecule is CN(C)C(=O)O[C@@H]1NCC[C@@H]1c1ccccc1. The topological polar surface area (TPSA) is 41.6 Å². The Balaban J connectivity index is 2.05. The van der Waals surface area contributed by atoms with E-state index in [0.717, 1.165) is 13.0 Å². The number of benzene rings is 1. The van der Waals surface area contributed by atoms with E-state index in [0.29, 0.717) is 0 Å². The maximum Gasteiger partial charge on any atom is 0.410 e. The fourth-order valence-electron chi connectivity index (χ4n) is 2.05. The first-order valence-electron chi connectivity index (χ1n) is 5.85. The second kappa shape index (κ2) is 5.19. The predicted molar refractivity (Wildman–Crippen MR) is 65.8 cm³/mol. The molecule has 0 aliphatic carbocycles. The van der Waals surface area contributed by atoms with Crippen LogP contribution in [-0.2, 0) is 4.74 Å². The first-order chi connectivity index (χ1) is 8.18. The van der Waals surface area contributed by atoms with Gasteiger partial charge in [0.1, 0.15) is 0 Å². The minimum Gasteiger partial charge on any atom is -0.430 e. The molecule has 1 heterocycles. The van der Waals surface area contributed by atoms with Gasteiger partial charge in [0.05, 0.1) is 0 Å². The number of carbonyl (C=O) groups excluding carboxylic acids is 1. The summed E-state index contributed by atoms with van der Waals surface area (Å²) in [6.45, 7) is 0.880. The summed E-state index contributed by atoms with van der Waals surface area (Å²) < 4.78 is 5.42. The van der Waals surface area contributed by atoms with Gasteiger partial charge in [0.15, 0.2) is 6.23 Å². The number of carbonyl (C=O) groups is 1. The lowest BCUT2D eigenvalue weighted by molar-refractivity contribution is 0.0593. The second-order valence-electron chi connectivity index (χ2n) is 4.46. The van der Waals surface area contributed by atoms with Crippen LogP contribution in [0.25, 0.3) is 0 Å². The summed E-state index contributed by atoms with van der Waals surface area (Å²) in [4.78, 5) is 13.0. The minimum absolute atomic E-state index is 0.215. The third kappa shape index (κ3) is 2.77. The number of nitrogens with one attached hydrogen (secondary N) is 1. The number of amides is 1. The Morgan fingerprint density at radius 3 is 2.71 bits per heavy atom. The molecule has 1 amide bonds. The number of ether oxygens (including phenoxy) is 1. The van der Waals surface area contributed by atoms with E-state index in [1.54, 1.807) is 14.1 Å². The van der Waals surface area contributed by atoms with E-state index >= 15 is 0 Å². The van der Waals surface area contributed by atoms with Gasteiger partial charge in [0.25, 0.3) is 0 Å². The molecule has 1 fully saturated rings. The average Bonchev–Trinajstić information content (AvgIpc) is 2.78. The molecular weight excluding hydrogens is 216 g/mol. The monoisotopic (exact) mass is 234 g/mol. The number of hydrogen-bond donors (Lipinski definition) is 1. The van der Waals surface area contributed by atoms with Crippen molar-refractivity contribution >= 4 is 6.09 Å². The Bertz CT molecular complexity index is 378. The number of nitrogens with zero attached hydrogens (tertiary/aromatic N) is 1. The Labute approximate surface area is 102 Å². The molecule has 1 aliphatic rings. The van der Waals surface area contributed by atoms with Gasteiger partial charge in [-0.05, 0) is 18.5 Å². The van der Waals surface area contributed by atoms with Crippen molar-refractivity contribution < 1.29 is 9.53 Å². The van der Waals surface area contributed by atoms with Crippen LogP contribution in [0.4, 0.5) is 4.79 Å². The zero-order valence-electron chi connectivity index (χ0n) is 10.2. The maximum absolute atomic E-state index is 11.5. The molecule has 0 spiro atoms. The molecule has 0 bridgehead atoms. The average molecular weight is 234 g/mol. The molecule has 4 nitrogen and oxygen atoms in total. The van der Waals surface area contributed by atoms with E-state index in [9.17, 15) is 4.79 Å². The van der Waals surface area contributed by atoms with E-state index in [4.69, 9.17) is 4.74 Å². The third-order valence-electron chi connectivity index (χ3n) is 2.99. The number of hydrogen-bond acceptors (Lipinski definition) is 3. The van der Waals surface area contributed by atoms with Gasteiger partial charge >= 0.3 is 6.09 Å². The third-order valence-corrected chi connectivity index (χ3v) is 2.99. The fourth-order valence-corrected chi connectivity index (χ4v) is 2.05. The van der Waals surface area contributed by atoms with Crippen LogP contribution in [0.5, 0.6) is 0 Å². The van der Waals surface area contributed by atoms with Gasteiger partial charge in [0, 0.05) is 20.0 Å². The molecule has 1 aromatic carbocycles. The molecule has 92 valence electrons. The highest BCUT2D eigenvalue weighted by molar-refractivity contribution is 5.67. The van der Waals surface area contributed by atoms with Crippen LogP contribution in [0.15, 0.2) is 30.3 Å². The summed E-state index contributed by atoms with van der Waals surface area (Å²) in [6.07, 6.45) is 0.479. The van der Waals surface area contributed by atoms with Gasteiger partial charge in [0.2, 0.25) is 0 Å². The summed E-state index contributed by atoms with van der Waals surface area (Å²) in [5.74, 6) is 0.250. The van der Waals surface area contributed by atoms with Gasteiger partial charge in [-0.3, -0.25) is 5.32 Å². The summed E-state index contributed by atoms with van der Waals surface area (Å²) in [5.41, 5.74) is 1.22. The minimum atomic E-state index is -0.301. The van der Waals surface area contributed by atoms with E-state index in [1.807, 2.05) is 18.2 Å². The maximum atomic E-state index is 11.5. The van der Waals surface area contributed by atoms with Crippen LogP contribution in [-0.4, -0.2) is 37.9 Å².